The number of H-pyrrole nitrogens is 1. The largest absolute Gasteiger partial charge is 0.322 e. The summed E-state index contributed by atoms with van der Waals surface area (Å²) in [5.74, 6) is -1.73. The molecule has 0 fully saturated rings. The van der Waals surface area contributed by atoms with Gasteiger partial charge in [-0.25, -0.2) is 8.78 Å². The zero-order valence-corrected chi connectivity index (χ0v) is 10.7. The Bertz CT molecular complexity index is 634. The zero-order chi connectivity index (χ0) is 13.8. The molecule has 0 aliphatic rings. The van der Waals surface area contributed by atoms with Gasteiger partial charge in [0.2, 0.25) is 5.56 Å². The maximum atomic E-state index is 14.0. The van der Waals surface area contributed by atoms with E-state index < -0.39 is 11.6 Å². The van der Waals surface area contributed by atoms with Gasteiger partial charge in [0.25, 0.3) is 0 Å². The van der Waals surface area contributed by atoms with Gasteiger partial charge in [-0.3, -0.25) is 4.79 Å². The Morgan fingerprint density at radius 2 is 1.89 bits per heavy atom. The van der Waals surface area contributed by atoms with Crippen molar-refractivity contribution in [2.24, 2.45) is 0 Å². The summed E-state index contributed by atoms with van der Waals surface area (Å²) in [5, 5.41) is 0. The lowest BCUT2D eigenvalue weighted by molar-refractivity contribution is 0.499. The average Bonchev–Trinajstić information content (AvgIpc) is 2.40. The van der Waals surface area contributed by atoms with Crippen LogP contribution in [0.5, 0.6) is 0 Å². The number of hydrogen-bond donors (Lipinski definition) is 1. The van der Waals surface area contributed by atoms with E-state index in [4.69, 9.17) is 0 Å². The lowest BCUT2D eigenvalue weighted by atomic mass is 10.0. The number of benzene rings is 1. The number of aromatic nitrogens is 1. The van der Waals surface area contributed by atoms with Gasteiger partial charge in [0, 0.05) is 11.6 Å². The SMILES string of the molecule is CCCCc1ccc(-c2cccc(=O)[nH]2)c(F)c1F. The number of nitrogens with one attached hydrogen (secondary N) is 1. The highest BCUT2D eigenvalue weighted by Gasteiger charge is 2.14. The summed E-state index contributed by atoms with van der Waals surface area (Å²) in [4.78, 5) is 13.7. The highest BCUT2D eigenvalue weighted by Crippen LogP contribution is 2.25. The van der Waals surface area contributed by atoms with Gasteiger partial charge in [0.1, 0.15) is 0 Å². The van der Waals surface area contributed by atoms with Crippen LogP contribution in [0.25, 0.3) is 11.3 Å². The maximum Gasteiger partial charge on any atom is 0.248 e. The van der Waals surface area contributed by atoms with E-state index in [9.17, 15) is 13.6 Å². The van der Waals surface area contributed by atoms with Crippen molar-refractivity contribution in [3.05, 3.63) is 57.9 Å². The Kier molecular flexibility index (Phi) is 4.10. The Morgan fingerprint density at radius 1 is 1.11 bits per heavy atom. The van der Waals surface area contributed by atoms with Crippen LogP contribution in [0.2, 0.25) is 0 Å². The molecule has 1 aromatic carbocycles. The monoisotopic (exact) mass is 263 g/mol. The lowest BCUT2D eigenvalue weighted by Crippen LogP contribution is -2.05. The van der Waals surface area contributed by atoms with Crippen molar-refractivity contribution >= 4 is 0 Å². The molecule has 2 aromatic rings. The second kappa shape index (κ2) is 5.78. The molecule has 0 spiro atoms. The first-order valence-corrected chi connectivity index (χ1v) is 6.30. The van der Waals surface area contributed by atoms with E-state index in [0.29, 0.717) is 12.0 Å². The molecular formula is C15H15F2NO. The van der Waals surface area contributed by atoms with Crippen LogP contribution in [-0.2, 0) is 6.42 Å². The predicted molar refractivity (Wildman–Crippen MR) is 71.0 cm³/mol. The van der Waals surface area contributed by atoms with Crippen LogP contribution < -0.4 is 5.56 Å². The average molecular weight is 263 g/mol. The Hall–Kier alpha value is -1.97. The zero-order valence-electron chi connectivity index (χ0n) is 10.7. The van der Waals surface area contributed by atoms with Crippen LogP contribution in [0.4, 0.5) is 8.78 Å². The second-order valence-electron chi connectivity index (χ2n) is 4.43. The van der Waals surface area contributed by atoms with Gasteiger partial charge in [-0.15, -0.1) is 0 Å². The smallest absolute Gasteiger partial charge is 0.248 e. The Labute approximate surface area is 110 Å². The Morgan fingerprint density at radius 3 is 2.58 bits per heavy atom. The molecule has 1 N–H and O–H groups in total. The van der Waals surface area contributed by atoms with E-state index in [1.54, 1.807) is 12.1 Å². The van der Waals surface area contributed by atoms with E-state index >= 15 is 0 Å². The summed E-state index contributed by atoms with van der Waals surface area (Å²) >= 11 is 0. The fourth-order valence-corrected chi connectivity index (χ4v) is 1.96. The number of pyridine rings is 1. The van der Waals surface area contributed by atoms with Gasteiger partial charge in [0.15, 0.2) is 11.6 Å². The third-order valence-electron chi connectivity index (χ3n) is 3.02. The molecule has 0 saturated carbocycles. The second-order valence-corrected chi connectivity index (χ2v) is 4.43. The molecule has 0 unspecified atom stereocenters. The Balaban J connectivity index is 2.44. The lowest BCUT2D eigenvalue weighted by Gasteiger charge is -2.08. The normalized spacial score (nSPS) is 10.7. The predicted octanol–water partition coefficient (Wildman–Crippen LogP) is 3.66. The first-order chi connectivity index (χ1) is 9.13. The molecule has 0 aliphatic heterocycles. The standard InChI is InChI=1S/C15H15F2NO/c1-2-3-5-10-8-9-11(15(17)14(10)16)12-6-4-7-13(19)18-12/h4,6-9H,2-3,5H2,1H3,(H,18,19). The van der Waals surface area contributed by atoms with Crippen molar-refractivity contribution in [1.82, 2.24) is 4.98 Å². The first kappa shape index (κ1) is 13.5. The molecule has 4 heteroatoms. The minimum Gasteiger partial charge on any atom is -0.322 e. The third-order valence-corrected chi connectivity index (χ3v) is 3.02. The van der Waals surface area contributed by atoms with Gasteiger partial charge in [0.05, 0.1) is 5.69 Å². The van der Waals surface area contributed by atoms with E-state index in [1.165, 1.54) is 18.2 Å². The van der Waals surface area contributed by atoms with Crippen LogP contribution in [-0.4, -0.2) is 4.98 Å². The van der Waals surface area contributed by atoms with Crippen LogP contribution in [0.3, 0.4) is 0 Å². The third kappa shape index (κ3) is 2.89. The van der Waals surface area contributed by atoms with Crippen molar-refractivity contribution in [3.63, 3.8) is 0 Å². The van der Waals surface area contributed by atoms with E-state index in [0.717, 1.165) is 12.8 Å². The molecule has 2 nitrogen and oxygen atoms in total. The van der Waals surface area contributed by atoms with Crippen LogP contribution >= 0.6 is 0 Å². The highest BCUT2D eigenvalue weighted by atomic mass is 19.2. The minimum atomic E-state index is -0.907. The molecule has 0 amide bonds. The molecular weight excluding hydrogens is 248 g/mol. The number of aromatic amines is 1. The van der Waals surface area contributed by atoms with Crippen molar-refractivity contribution in [2.45, 2.75) is 26.2 Å². The van der Waals surface area contributed by atoms with Crippen molar-refractivity contribution in [1.29, 1.82) is 0 Å². The summed E-state index contributed by atoms with van der Waals surface area (Å²) in [6.07, 6.45) is 2.26. The summed E-state index contributed by atoms with van der Waals surface area (Å²) < 4.78 is 27.9. The molecule has 0 radical (unpaired) electrons. The van der Waals surface area contributed by atoms with Gasteiger partial charge in [-0.1, -0.05) is 25.5 Å². The molecule has 100 valence electrons. The van der Waals surface area contributed by atoms with Gasteiger partial charge >= 0.3 is 0 Å². The summed E-state index contributed by atoms with van der Waals surface area (Å²) in [5.41, 5.74) is 0.398. The van der Waals surface area contributed by atoms with Gasteiger partial charge < -0.3 is 4.98 Å². The quantitative estimate of drug-likeness (QED) is 0.897. The van der Waals surface area contributed by atoms with E-state index in [1.807, 2.05) is 6.92 Å². The fourth-order valence-electron chi connectivity index (χ4n) is 1.96. The van der Waals surface area contributed by atoms with Crippen LogP contribution in [0, 0.1) is 11.6 Å². The molecule has 2 rings (SSSR count). The van der Waals surface area contributed by atoms with E-state index in [-0.39, 0.29) is 16.8 Å². The van der Waals surface area contributed by atoms with Gasteiger partial charge in [-0.2, -0.15) is 0 Å². The van der Waals surface area contributed by atoms with Crippen molar-refractivity contribution < 1.29 is 8.78 Å². The molecule has 1 heterocycles. The maximum absolute atomic E-state index is 14.0. The number of unbranched alkanes of at least 4 members (excludes halogenated alkanes) is 1. The number of halogens is 2. The van der Waals surface area contributed by atoms with Crippen molar-refractivity contribution in [3.8, 4) is 11.3 Å². The molecule has 0 atom stereocenters. The number of rotatable bonds is 4. The first-order valence-electron chi connectivity index (χ1n) is 6.30. The molecule has 0 aliphatic carbocycles. The van der Waals surface area contributed by atoms with Gasteiger partial charge in [-0.05, 0) is 30.5 Å². The summed E-state index contributed by atoms with van der Waals surface area (Å²) in [6.45, 7) is 2.00. The van der Waals surface area contributed by atoms with Crippen molar-refractivity contribution in [2.75, 3.05) is 0 Å². The number of aryl methyl sites for hydroxylation is 1. The fraction of sp³-hybridized carbons (Fsp3) is 0.267. The highest BCUT2D eigenvalue weighted by molar-refractivity contribution is 5.60. The summed E-state index contributed by atoms with van der Waals surface area (Å²) in [7, 11) is 0. The van der Waals surface area contributed by atoms with Crippen LogP contribution in [0.1, 0.15) is 25.3 Å². The number of hydrogen-bond acceptors (Lipinski definition) is 1. The molecule has 0 saturated heterocycles. The minimum absolute atomic E-state index is 0.0791. The topological polar surface area (TPSA) is 32.9 Å². The molecule has 19 heavy (non-hydrogen) atoms. The van der Waals surface area contributed by atoms with Crippen LogP contribution in [0.15, 0.2) is 35.1 Å². The van der Waals surface area contributed by atoms with E-state index in [2.05, 4.69) is 4.98 Å². The summed E-state index contributed by atoms with van der Waals surface area (Å²) in [6, 6.07) is 7.47. The molecule has 0 bridgehead atoms. The molecule has 1 aromatic heterocycles.